The van der Waals surface area contributed by atoms with E-state index in [0.717, 1.165) is 15.3 Å². The Bertz CT molecular complexity index is 1000. The number of nitrogens with two attached hydrogens (primary N) is 1. The minimum Gasteiger partial charge on any atom is -0.478 e. The van der Waals surface area contributed by atoms with Crippen molar-refractivity contribution in [1.29, 1.82) is 0 Å². The summed E-state index contributed by atoms with van der Waals surface area (Å²) in [6, 6.07) is 18.3. The van der Waals surface area contributed by atoms with Crippen molar-refractivity contribution in [3.05, 3.63) is 82.2 Å². The van der Waals surface area contributed by atoms with Crippen molar-refractivity contribution in [3.63, 3.8) is 0 Å². The second kappa shape index (κ2) is 7.58. The van der Waals surface area contributed by atoms with Crippen LogP contribution in [0.3, 0.4) is 0 Å². The smallest absolute Gasteiger partial charge is 0.335 e. The summed E-state index contributed by atoms with van der Waals surface area (Å²) in [6.07, 6.45) is 0.490. The number of amides is 1. The van der Waals surface area contributed by atoms with Crippen LogP contribution in [0, 0.1) is 0 Å². The Balaban J connectivity index is 1.41. The summed E-state index contributed by atoms with van der Waals surface area (Å²) in [5.41, 5.74) is 9.81. The summed E-state index contributed by atoms with van der Waals surface area (Å²) in [5, 5.41) is 9.00. The van der Waals surface area contributed by atoms with E-state index in [1.165, 1.54) is 11.1 Å². The highest BCUT2D eigenvalue weighted by molar-refractivity contribution is 7.15. The maximum atomic E-state index is 12.7. The fourth-order valence-corrected chi connectivity index (χ4v) is 4.52. The summed E-state index contributed by atoms with van der Waals surface area (Å²) < 4.78 is 0. The first-order valence-corrected chi connectivity index (χ1v) is 9.86. The molecule has 5 nitrogen and oxygen atoms in total. The number of carbonyl (C=O) groups excluding carboxylic acids is 1. The average Bonchev–Trinajstić information content (AvgIpc) is 3.34. The van der Waals surface area contributed by atoms with Crippen LogP contribution in [0.4, 0.5) is 0 Å². The molecule has 0 aliphatic carbocycles. The first-order chi connectivity index (χ1) is 13.5. The van der Waals surface area contributed by atoms with Gasteiger partial charge in [-0.15, -0.1) is 11.3 Å². The van der Waals surface area contributed by atoms with E-state index in [1.54, 1.807) is 35.6 Å². The molecule has 1 aromatic heterocycles. The van der Waals surface area contributed by atoms with E-state index in [0.29, 0.717) is 19.5 Å². The first kappa shape index (κ1) is 18.4. The summed E-state index contributed by atoms with van der Waals surface area (Å²) in [5.74, 6) is -0.969. The van der Waals surface area contributed by atoms with E-state index in [9.17, 15) is 9.59 Å². The van der Waals surface area contributed by atoms with Crippen LogP contribution in [0.5, 0.6) is 0 Å². The Kier molecular flexibility index (Phi) is 4.98. The van der Waals surface area contributed by atoms with Gasteiger partial charge in [0.05, 0.1) is 11.6 Å². The Morgan fingerprint density at radius 3 is 2.25 bits per heavy atom. The van der Waals surface area contributed by atoms with Crippen LogP contribution in [-0.4, -0.2) is 27.9 Å². The molecule has 0 saturated heterocycles. The van der Waals surface area contributed by atoms with Crippen molar-refractivity contribution in [2.24, 2.45) is 5.73 Å². The fraction of sp³-hybridized carbons (Fsp3) is 0.182. The van der Waals surface area contributed by atoms with Gasteiger partial charge in [0, 0.05) is 29.3 Å². The third-order valence-electron chi connectivity index (χ3n) is 4.97. The van der Waals surface area contributed by atoms with Crippen LogP contribution in [0.15, 0.2) is 60.7 Å². The topological polar surface area (TPSA) is 83.6 Å². The number of hydrogen-bond donors (Lipinski definition) is 2. The number of carboxylic acids is 1. The maximum absolute atomic E-state index is 12.7. The van der Waals surface area contributed by atoms with Crippen LogP contribution in [0.25, 0.3) is 10.4 Å². The third-order valence-corrected chi connectivity index (χ3v) is 6.13. The second-order valence-electron chi connectivity index (χ2n) is 6.92. The fourth-order valence-electron chi connectivity index (χ4n) is 3.45. The minimum absolute atomic E-state index is 0.0306. The molecular weight excluding hydrogens is 372 g/mol. The zero-order chi connectivity index (χ0) is 19.7. The molecule has 0 fully saturated rings. The molecule has 6 heteroatoms. The minimum atomic E-state index is -0.938. The second-order valence-corrected chi connectivity index (χ2v) is 8.09. The maximum Gasteiger partial charge on any atom is 0.335 e. The highest BCUT2D eigenvalue weighted by atomic mass is 32.1. The number of benzene rings is 2. The van der Waals surface area contributed by atoms with Crippen LogP contribution in [-0.2, 0) is 24.3 Å². The molecule has 3 N–H and O–H groups in total. The molecule has 1 unspecified atom stereocenters. The standard InChI is InChI=1S/C22H20N2O3S/c23-19(21(25)24-12-16-3-1-2-4-17(16)13-24)11-18-9-10-20(28-18)14-5-7-15(8-6-14)22(26)27/h1-10,19H,11-13,23H2,(H,26,27). The number of fused-ring (bicyclic) bond motifs is 1. The molecule has 1 aliphatic rings. The summed E-state index contributed by atoms with van der Waals surface area (Å²) in [4.78, 5) is 27.6. The molecule has 142 valence electrons. The Hall–Kier alpha value is -2.96. The first-order valence-electron chi connectivity index (χ1n) is 9.05. The Morgan fingerprint density at radius 2 is 1.64 bits per heavy atom. The highest BCUT2D eigenvalue weighted by Crippen LogP contribution is 2.29. The lowest BCUT2D eigenvalue weighted by Gasteiger charge is -2.20. The number of rotatable bonds is 5. The van der Waals surface area contributed by atoms with E-state index in [1.807, 2.05) is 29.2 Å². The van der Waals surface area contributed by atoms with Gasteiger partial charge in [-0.2, -0.15) is 0 Å². The van der Waals surface area contributed by atoms with Crippen molar-refractivity contribution in [1.82, 2.24) is 4.90 Å². The molecule has 2 heterocycles. The van der Waals surface area contributed by atoms with Gasteiger partial charge in [0.25, 0.3) is 0 Å². The highest BCUT2D eigenvalue weighted by Gasteiger charge is 2.27. The molecule has 0 radical (unpaired) electrons. The molecule has 28 heavy (non-hydrogen) atoms. The predicted octanol–water partition coefficient (Wildman–Crippen LogP) is 3.53. The SMILES string of the molecule is NC(Cc1ccc(-c2ccc(C(=O)O)cc2)s1)C(=O)N1Cc2ccccc2C1. The van der Waals surface area contributed by atoms with Gasteiger partial charge < -0.3 is 15.7 Å². The van der Waals surface area contributed by atoms with E-state index < -0.39 is 12.0 Å². The molecule has 0 saturated carbocycles. The zero-order valence-electron chi connectivity index (χ0n) is 15.2. The Morgan fingerprint density at radius 1 is 1.00 bits per heavy atom. The number of aromatic carboxylic acids is 1. The monoisotopic (exact) mass is 392 g/mol. The largest absolute Gasteiger partial charge is 0.478 e. The van der Waals surface area contributed by atoms with Gasteiger partial charge in [0.1, 0.15) is 0 Å². The molecule has 3 aromatic rings. The van der Waals surface area contributed by atoms with E-state index in [4.69, 9.17) is 10.8 Å². The van der Waals surface area contributed by atoms with Gasteiger partial charge in [-0.05, 0) is 41.0 Å². The van der Waals surface area contributed by atoms with Crippen molar-refractivity contribution < 1.29 is 14.7 Å². The van der Waals surface area contributed by atoms with Crippen LogP contribution in [0.2, 0.25) is 0 Å². The molecule has 1 aliphatic heterocycles. The lowest BCUT2D eigenvalue weighted by atomic mass is 10.1. The van der Waals surface area contributed by atoms with Crippen molar-refractivity contribution >= 4 is 23.2 Å². The molecule has 2 aromatic carbocycles. The van der Waals surface area contributed by atoms with Gasteiger partial charge in [0.15, 0.2) is 0 Å². The summed E-state index contributed by atoms with van der Waals surface area (Å²) in [7, 11) is 0. The van der Waals surface area contributed by atoms with Gasteiger partial charge in [-0.3, -0.25) is 4.79 Å². The van der Waals surface area contributed by atoms with Crippen molar-refractivity contribution in [2.75, 3.05) is 0 Å². The molecule has 0 bridgehead atoms. The molecule has 1 atom stereocenters. The number of hydrogen-bond acceptors (Lipinski definition) is 4. The van der Waals surface area contributed by atoms with Crippen LogP contribution in [0.1, 0.15) is 26.4 Å². The zero-order valence-corrected chi connectivity index (χ0v) is 16.0. The lowest BCUT2D eigenvalue weighted by Crippen LogP contribution is -2.42. The number of thiophene rings is 1. The average molecular weight is 392 g/mol. The van der Waals surface area contributed by atoms with E-state index in [-0.39, 0.29) is 11.5 Å². The molecule has 0 spiro atoms. The van der Waals surface area contributed by atoms with Gasteiger partial charge in [-0.1, -0.05) is 36.4 Å². The van der Waals surface area contributed by atoms with Gasteiger partial charge in [-0.25, -0.2) is 4.79 Å². The molecular formula is C22H20N2O3S. The lowest BCUT2D eigenvalue weighted by molar-refractivity contribution is -0.133. The quantitative estimate of drug-likeness (QED) is 0.696. The van der Waals surface area contributed by atoms with E-state index in [2.05, 4.69) is 12.1 Å². The number of nitrogens with zero attached hydrogens (tertiary/aromatic N) is 1. The van der Waals surface area contributed by atoms with Gasteiger partial charge >= 0.3 is 5.97 Å². The van der Waals surface area contributed by atoms with Crippen molar-refractivity contribution in [3.8, 4) is 10.4 Å². The molecule has 1 amide bonds. The van der Waals surface area contributed by atoms with Crippen LogP contribution < -0.4 is 5.73 Å². The third kappa shape index (κ3) is 3.69. The normalized spacial score (nSPS) is 14.0. The van der Waals surface area contributed by atoms with Gasteiger partial charge in [0.2, 0.25) is 5.91 Å². The van der Waals surface area contributed by atoms with Crippen molar-refractivity contribution in [2.45, 2.75) is 25.6 Å². The predicted molar refractivity (Wildman–Crippen MR) is 109 cm³/mol. The summed E-state index contributed by atoms with van der Waals surface area (Å²) >= 11 is 1.58. The number of carboxylic acid groups (broad SMARTS) is 1. The molecule has 4 rings (SSSR count). The van der Waals surface area contributed by atoms with E-state index >= 15 is 0 Å². The number of carbonyl (C=O) groups is 2. The Labute approximate surface area is 167 Å². The van der Waals surface area contributed by atoms with Crippen LogP contribution >= 0.6 is 11.3 Å². The summed E-state index contributed by atoms with van der Waals surface area (Å²) in [6.45, 7) is 1.24.